The lowest BCUT2D eigenvalue weighted by atomic mass is 10.1. The first-order valence-electron chi connectivity index (χ1n) is 7.05. The highest BCUT2D eigenvalue weighted by Gasteiger charge is 2.03. The van der Waals surface area contributed by atoms with Gasteiger partial charge in [0.15, 0.2) is 0 Å². The number of rotatable bonds is 7. The van der Waals surface area contributed by atoms with Crippen molar-refractivity contribution < 1.29 is 9.47 Å². The van der Waals surface area contributed by atoms with Gasteiger partial charge in [-0.15, -0.1) is 0 Å². The maximum atomic E-state index is 5.98. The fourth-order valence-corrected chi connectivity index (χ4v) is 2.30. The highest BCUT2D eigenvalue weighted by Crippen LogP contribution is 2.19. The SMILES string of the molecule is CC[C@@H](N)c1ccc(OCCOc2cccc(Br)c2)cc1. The van der Waals surface area contributed by atoms with Crippen molar-refractivity contribution in [3.8, 4) is 11.5 Å². The van der Waals surface area contributed by atoms with Crippen LogP contribution in [0.15, 0.2) is 53.0 Å². The van der Waals surface area contributed by atoms with Crippen LogP contribution in [-0.4, -0.2) is 13.2 Å². The first-order valence-corrected chi connectivity index (χ1v) is 7.85. The van der Waals surface area contributed by atoms with Gasteiger partial charge in [-0.3, -0.25) is 0 Å². The van der Waals surface area contributed by atoms with Crippen LogP contribution >= 0.6 is 15.9 Å². The minimum atomic E-state index is 0.0962. The molecule has 2 aromatic carbocycles. The molecule has 3 nitrogen and oxygen atoms in total. The predicted molar refractivity (Wildman–Crippen MR) is 88.8 cm³/mol. The van der Waals surface area contributed by atoms with Gasteiger partial charge >= 0.3 is 0 Å². The summed E-state index contributed by atoms with van der Waals surface area (Å²) >= 11 is 3.41. The van der Waals surface area contributed by atoms with Gasteiger partial charge < -0.3 is 15.2 Å². The van der Waals surface area contributed by atoms with E-state index in [9.17, 15) is 0 Å². The second-order valence-corrected chi connectivity index (χ2v) is 5.65. The molecule has 0 aliphatic rings. The molecular weight excluding hydrogens is 330 g/mol. The summed E-state index contributed by atoms with van der Waals surface area (Å²) < 4.78 is 12.3. The smallest absolute Gasteiger partial charge is 0.122 e. The molecular formula is C17H20BrNO2. The molecule has 2 rings (SSSR count). The molecule has 0 amide bonds. The molecule has 112 valence electrons. The summed E-state index contributed by atoms with van der Waals surface area (Å²) in [6, 6.07) is 15.8. The zero-order valence-corrected chi connectivity index (χ0v) is 13.7. The molecule has 0 bridgehead atoms. The monoisotopic (exact) mass is 349 g/mol. The van der Waals surface area contributed by atoms with E-state index in [4.69, 9.17) is 15.2 Å². The predicted octanol–water partition coefficient (Wildman–Crippen LogP) is 4.32. The Labute approximate surface area is 134 Å². The molecule has 0 fully saturated rings. The molecule has 4 heteroatoms. The van der Waals surface area contributed by atoms with Crippen molar-refractivity contribution in [1.82, 2.24) is 0 Å². The normalized spacial score (nSPS) is 12.0. The highest BCUT2D eigenvalue weighted by molar-refractivity contribution is 9.10. The Morgan fingerprint density at radius 3 is 2.29 bits per heavy atom. The molecule has 0 spiro atoms. The first-order chi connectivity index (χ1) is 10.2. The summed E-state index contributed by atoms with van der Waals surface area (Å²) in [6.07, 6.45) is 0.931. The quantitative estimate of drug-likeness (QED) is 0.757. The van der Waals surface area contributed by atoms with Crippen LogP contribution in [0.4, 0.5) is 0 Å². The minimum absolute atomic E-state index is 0.0962. The Morgan fingerprint density at radius 2 is 1.67 bits per heavy atom. The van der Waals surface area contributed by atoms with Crippen molar-refractivity contribution >= 4 is 15.9 Å². The summed E-state index contributed by atoms with van der Waals surface area (Å²) in [6.45, 7) is 3.09. The van der Waals surface area contributed by atoms with Crippen LogP contribution in [0.1, 0.15) is 24.9 Å². The third-order valence-corrected chi connectivity index (χ3v) is 3.66. The molecule has 0 unspecified atom stereocenters. The van der Waals surface area contributed by atoms with E-state index >= 15 is 0 Å². The lowest BCUT2D eigenvalue weighted by molar-refractivity contribution is 0.217. The Morgan fingerprint density at radius 1 is 1.00 bits per heavy atom. The number of halogens is 1. The van der Waals surface area contributed by atoms with Gasteiger partial charge in [-0.2, -0.15) is 0 Å². The molecule has 2 N–H and O–H groups in total. The zero-order chi connectivity index (χ0) is 15.1. The summed E-state index contributed by atoms with van der Waals surface area (Å²) in [5.41, 5.74) is 7.11. The molecule has 0 saturated carbocycles. The van der Waals surface area contributed by atoms with Gasteiger partial charge in [-0.1, -0.05) is 41.1 Å². The third kappa shape index (κ3) is 5.06. The van der Waals surface area contributed by atoms with E-state index in [1.807, 2.05) is 48.5 Å². The maximum absolute atomic E-state index is 5.98. The second kappa shape index (κ2) is 8.05. The van der Waals surface area contributed by atoms with Crippen LogP contribution in [0.5, 0.6) is 11.5 Å². The zero-order valence-electron chi connectivity index (χ0n) is 12.1. The van der Waals surface area contributed by atoms with E-state index in [2.05, 4.69) is 22.9 Å². The van der Waals surface area contributed by atoms with Gasteiger partial charge in [0.05, 0.1) is 0 Å². The third-order valence-electron chi connectivity index (χ3n) is 3.16. The van der Waals surface area contributed by atoms with Crippen molar-refractivity contribution in [2.75, 3.05) is 13.2 Å². The second-order valence-electron chi connectivity index (χ2n) is 4.74. The van der Waals surface area contributed by atoms with E-state index in [0.717, 1.165) is 28.0 Å². The fourth-order valence-electron chi connectivity index (χ4n) is 1.92. The molecule has 0 aromatic heterocycles. The standard InChI is InChI=1S/C17H20BrNO2/c1-2-17(19)13-6-8-15(9-7-13)20-10-11-21-16-5-3-4-14(18)12-16/h3-9,12,17H,2,10-11,19H2,1H3/t17-/m1/s1. The number of ether oxygens (including phenoxy) is 2. The van der Waals surface area contributed by atoms with Crippen molar-refractivity contribution in [2.24, 2.45) is 5.73 Å². The summed E-state index contributed by atoms with van der Waals surface area (Å²) in [5.74, 6) is 1.66. The molecule has 21 heavy (non-hydrogen) atoms. The Balaban J connectivity index is 1.76. The molecule has 0 saturated heterocycles. The van der Waals surface area contributed by atoms with E-state index in [1.165, 1.54) is 0 Å². The molecule has 2 aromatic rings. The highest BCUT2D eigenvalue weighted by atomic mass is 79.9. The topological polar surface area (TPSA) is 44.5 Å². The average Bonchev–Trinajstić information content (AvgIpc) is 2.51. The lowest BCUT2D eigenvalue weighted by Crippen LogP contribution is -2.10. The van der Waals surface area contributed by atoms with Gasteiger partial charge in [0.1, 0.15) is 24.7 Å². The van der Waals surface area contributed by atoms with Crippen molar-refractivity contribution in [1.29, 1.82) is 0 Å². The van der Waals surface area contributed by atoms with E-state index < -0.39 is 0 Å². The van der Waals surface area contributed by atoms with Gasteiger partial charge in [0.2, 0.25) is 0 Å². The van der Waals surface area contributed by atoms with E-state index in [1.54, 1.807) is 0 Å². The average molecular weight is 350 g/mol. The molecule has 0 aliphatic heterocycles. The van der Waals surface area contributed by atoms with Gasteiger partial charge in [-0.25, -0.2) is 0 Å². The van der Waals surface area contributed by atoms with Gasteiger partial charge in [-0.05, 0) is 42.3 Å². The molecule has 0 radical (unpaired) electrons. The number of hydrogen-bond acceptors (Lipinski definition) is 3. The van der Waals surface area contributed by atoms with Crippen LogP contribution in [0, 0.1) is 0 Å². The summed E-state index contributed by atoms with van der Waals surface area (Å²) in [5, 5.41) is 0. The number of nitrogens with two attached hydrogens (primary N) is 1. The van der Waals surface area contributed by atoms with Gasteiger partial charge in [0, 0.05) is 10.5 Å². The first kappa shape index (κ1) is 15.9. The van der Waals surface area contributed by atoms with Crippen LogP contribution in [0.3, 0.4) is 0 Å². The maximum Gasteiger partial charge on any atom is 0.122 e. The van der Waals surface area contributed by atoms with Gasteiger partial charge in [0.25, 0.3) is 0 Å². The van der Waals surface area contributed by atoms with Crippen molar-refractivity contribution in [3.63, 3.8) is 0 Å². The van der Waals surface area contributed by atoms with Crippen LogP contribution in [-0.2, 0) is 0 Å². The van der Waals surface area contributed by atoms with Crippen LogP contribution < -0.4 is 15.2 Å². The molecule has 1 atom stereocenters. The van der Waals surface area contributed by atoms with E-state index in [0.29, 0.717) is 13.2 Å². The van der Waals surface area contributed by atoms with E-state index in [-0.39, 0.29) is 6.04 Å². The largest absolute Gasteiger partial charge is 0.490 e. The minimum Gasteiger partial charge on any atom is -0.490 e. The Bertz CT molecular complexity index is 557. The lowest BCUT2D eigenvalue weighted by Gasteiger charge is -2.11. The Hall–Kier alpha value is -1.52. The number of hydrogen-bond donors (Lipinski definition) is 1. The fraction of sp³-hybridized carbons (Fsp3) is 0.294. The molecule has 0 heterocycles. The van der Waals surface area contributed by atoms with Crippen molar-refractivity contribution in [2.45, 2.75) is 19.4 Å². The summed E-state index contributed by atoms with van der Waals surface area (Å²) in [4.78, 5) is 0. The summed E-state index contributed by atoms with van der Waals surface area (Å²) in [7, 11) is 0. The van der Waals surface area contributed by atoms with Crippen LogP contribution in [0.25, 0.3) is 0 Å². The Kier molecular flexibility index (Phi) is 6.08. The van der Waals surface area contributed by atoms with Crippen LogP contribution in [0.2, 0.25) is 0 Å². The number of benzene rings is 2. The van der Waals surface area contributed by atoms with Crippen molar-refractivity contribution in [3.05, 3.63) is 58.6 Å². The molecule has 0 aliphatic carbocycles.